The summed E-state index contributed by atoms with van der Waals surface area (Å²) < 4.78 is 0. The van der Waals surface area contributed by atoms with Crippen LogP contribution in [0, 0.1) is 20.8 Å². The van der Waals surface area contributed by atoms with Crippen molar-refractivity contribution >= 4 is 10.8 Å². The van der Waals surface area contributed by atoms with Crippen LogP contribution in [0.5, 0.6) is 0 Å². The highest BCUT2D eigenvalue weighted by Crippen LogP contribution is 2.30. The fraction of sp³-hybridized carbons (Fsp3) is 0.429. The summed E-state index contributed by atoms with van der Waals surface area (Å²) in [6.07, 6.45) is 2.41. The zero-order chi connectivity index (χ0) is 21.3. The summed E-state index contributed by atoms with van der Waals surface area (Å²) in [6.45, 7) is 13.7. The zero-order valence-electron chi connectivity index (χ0n) is 19.3. The van der Waals surface area contributed by atoms with Gasteiger partial charge in [-0.15, -0.1) is 0 Å². The molecule has 0 bridgehead atoms. The van der Waals surface area contributed by atoms with E-state index in [9.17, 15) is 0 Å². The number of nitrogens with zero attached hydrogens (tertiary/aromatic N) is 2. The van der Waals surface area contributed by atoms with Crippen LogP contribution in [0.4, 0.5) is 0 Å². The Kier molecular flexibility index (Phi) is 6.26. The number of hydrogen-bond donors (Lipinski definition) is 0. The van der Waals surface area contributed by atoms with Crippen molar-refractivity contribution < 1.29 is 0 Å². The van der Waals surface area contributed by atoms with Gasteiger partial charge in [-0.05, 0) is 105 Å². The summed E-state index contributed by atoms with van der Waals surface area (Å²) in [6, 6.07) is 18.6. The molecule has 0 amide bonds. The van der Waals surface area contributed by atoms with Gasteiger partial charge in [-0.25, -0.2) is 0 Å². The van der Waals surface area contributed by atoms with E-state index < -0.39 is 0 Å². The lowest BCUT2D eigenvalue weighted by Gasteiger charge is -2.31. The Morgan fingerprint density at radius 1 is 0.933 bits per heavy atom. The molecule has 0 fully saturated rings. The molecule has 0 spiro atoms. The van der Waals surface area contributed by atoms with Gasteiger partial charge < -0.3 is 0 Å². The van der Waals surface area contributed by atoms with Crippen LogP contribution >= 0.6 is 0 Å². The molecule has 1 aliphatic rings. The van der Waals surface area contributed by atoms with Gasteiger partial charge in [0.15, 0.2) is 0 Å². The van der Waals surface area contributed by atoms with E-state index in [4.69, 9.17) is 0 Å². The average Bonchev–Trinajstić information content (AvgIpc) is 2.74. The Bertz CT molecular complexity index is 1040. The van der Waals surface area contributed by atoms with Gasteiger partial charge >= 0.3 is 0 Å². The van der Waals surface area contributed by atoms with Gasteiger partial charge in [0.2, 0.25) is 0 Å². The van der Waals surface area contributed by atoms with Crippen LogP contribution in [-0.2, 0) is 13.0 Å². The second-order valence-electron chi connectivity index (χ2n) is 9.26. The van der Waals surface area contributed by atoms with E-state index in [1.165, 1.54) is 64.5 Å². The molecule has 0 aromatic heterocycles. The number of benzene rings is 3. The van der Waals surface area contributed by atoms with Gasteiger partial charge in [0.25, 0.3) is 0 Å². The Labute approximate surface area is 182 Å². The fourth-order valence-corrected chi connectivity index (χ4v) is 5.02. The molecule has 0 N–H and O–H groups in total. The van der Waals surface area contributed by atoms with Crippen LogP contribution in [-0.4, -0.2) is 36.5 Å². The predicted molar refractivity (Wildman–Crippen MR) is 129 cm³/mol. The number of rotatable bonds is 6. The Hall–Kier alpha value is -2.16. The normalized spacial score (nSPS) is 15.5. The van der Waals surface area contributed by atoms with E-state index in [2.05, 4.69) is 93.1 Å². The lowest BCUT2D eigenvalue weighted by atomic mass is 9.94. The molecular weight excluding hydrogens is 364 g/mol. The van der Waals surface area contributed by atoms with E-state index in [1.54, 1.807) is 5.56 Å². The summed E-state index contributed by atoms with van der Waals surface area (Å²) in [7, 11) is 2.28. The van der Waals surface area contributed by atoms with Crippen molar-refractivity contribution in [3.8, 4) is 0 Å². The number of fused-ring (bicyclic) bond motifs is 2. The quantitative estimate of drug-likeness (QED) is 0.485. The molecule has 158 valence electrons. The van der Waals surface area contributed by atoms with E-state index >= 15 is 0 Å². The van der Waals surface area contributed by atoms with Gasteiger partial charge in [0.1, 0.15) is 0 Å². The Morgan fingerprint density at radius 2 is 1.67 bits per heavy atom. The summed E-state index contributed by atoms with van der Waals surface area (Å²) in [5, 5.41) is 2.74. The van der Waals surface area contributed by atoms with E-state index in [0.717, 1.165) is 13.1 Å². The van der Waals surface area contributed by atoms with Crippen LogP contribution in [0.25, 0.3) is 10.8 Å². The first kappa shape index (κ1) is 21.1. The summed E-state index contributed by atoms with van der Waals surface area (Å²) in [5.41, 5.74) is 8.83. The molecule has 3 aromatic rings. The second kappa shape index (κ2) is 8.91. The Morgan fingerprint density at radius 3 is 2.47 bits per heavy atom. The standard InChI is InChI=1S/C28H36N2/c1-20-11-12-24-9-6-7-10-27(24)28(20)23(4)29(5)14-8-15-30-16-13-25-17-21(2)22(3)18-26(25)19-30/h6-7,9-12,17-18,23H,8,13-16,19H2,1-5H3. The highest BCUT2D eigenvalue weighted by molar-refractivity contribution is 5.87. The van der Waals surface area contributed by atoms with Gasteiger partial charge in [0.05, 0.1) is 0 Å². The topological polar surface area (TPSA) is 6.48 Å². The SMILES string of the molecule is Cc1cc2c(cc1C)CN(CCCN(C)C(C)c1c(C)ccc3ccccc13)CC2. The van der Waals surface area contributed by atoms with Crippen molar-refractivity contribution in [2.75, 3.05) is 26.7 Å². The Balaban J connectivity index is 1.37. The minimum atomic E-state index is 0.420. The molecule has 0 saturated heterocycles. The van der Waals surface area contributed by atoms with E-state index in [-0.39, 0.29) is 0 Å². The van der Waals surface area contributed by atoms with Gasteiger partial charge in [-0.2, -0.15) is 0 Å². The minimum absolute atomic E-state index is 0.420. The summed E-state index contributed by atoms with van der Waals surface area (Å²) in [5.74, 6) is 0. The highest BCUT2D eigenvalue weighted by atomic mass is 15.1. The molecule has 4 rings (SSSR count). The molecule has 3 aromatic carbocycles. The fourth-order valence-electron chi connectivity index (χ4n) is 5.02. The van der Waals surface area contributed by atoms with Crippen LogP contribution in [0.15, 0.2) is 48.5 Å². The first-order valence-electron chi connectivity index (χ1n) is 11.4. The van der Waals surface area contributed by atoms with Gasteiger partial charge in [-0.3, -0.25) is 9.80 Å². The van der Waals surface area contributed by atoms with Crippen LogP contribution in [0.1, 0.15) is 52.8 Å². The maximum absolute atomic E-state index is 2.64. The maximum Gasteiger partial charge on any atom is 0.0325 e. The van der Waals surface area contributed by atoms with Gasteiger partial charge in [-0.1, -0.05) is 48.5 Å². The van der Waals surface area contributed by atoms with Crippen LogP contribution in [0.3, 0.4) is 0 Å². The molecule has 0 aliphatic carbocycles. The van der Waals surface area contributed by atoms with Crippen molar-refractivity contribution in [1.82, 2.24) is 9.80 Å². The molecule has 1 unspecified atom stereocenters. The maximum atomic E-state index is 2.64. The van der Waals surface area contributed by atoms with Gasteiger partial charge in [0, 0.05) is 19.1 Å². The molecule has 0 radical (unpaired) electrons. The summed E-state index contributed by atoms with van der Waals surface area (Å²) >= 11 is 0. The number of hydrogen-bond acceptors (Lipinski definition) is 2. The predicted octanol–water partition coefficient (Wildman–Crippen LogP) is 6.21. The highest BCUT2D eigenvalue weighted by Gasteiger charge is 2.19. The van der Waals surface area contributed by atoms with Crippen molar-refractivity contribution in [1.29, 1.82) is 0 Å². The molecule has 0 saturated carbocycles. The van der Waals surface area contributed by atoms with Crippen LogP contribution in [0.2, 0.25) is 0 Å². The van der Waals surface area contributed by atoms with Crippen molar-refractivity contribution in [2.24, 2.45) is 0 Å². The molecule has 1 heterocycles. The summed E-state index contributed by atoms with van der Waals surface area (Å²) in [4.78, 5) is 5.17. The lowest BCUT2D eigenvalue weighted by molar-refractivity contribution is 0.210. The third-order valence-corrected chi connectivity index (χ3v) is 7.16. The molecule has 30 heavy (non-hydrogen) atoms. The number of aryl methyl sites for hydroxylation is 3. The lowest BCUT2D eigenvalue weighted by Crippen LogP contribution is -2.33. The molecule has 2 heteroatoms. The average molecular weight is 401 g/mol. The van der Waals surface area contributed by atoms with E-state index in [0.29, 0.717) is 6.04 Å². The molecule has 2 nitrogen and oxygen atoms in total. The third-order valence-electron chi connectivity index (χ3n) is 7.16. The van der Waals surface area contributed by atoms with Crippen molar-refractivity contribution in [2.45, 2.75) is 53.1 Å². The first-order valence-corrected chi connectivity index (χ1v) is 11.4. The molecule has 1 aliphatic heterocycles. The minimum Gasteiger partial charge on any atom is -0.300 e. The molecular formula is C28H36N2. The zero-order valence-corrected chi connectivity index (χ0v) is 19.3. The van der Waals surface area contributed by atoms with Crippen molar-refractivity contribution in [3.63, 3.8) is 0 Å². The third kappa shape index (κ3) is 4.31. The smallest absolute Gasteiger partial charge is 0.0325 e. The second-order valence-corrected chi connectivity index (χ2v) is 9.26. The first-order chi connectivity index (χ1) is 14.4. The van der Waals surface area contributed by atoms with Crippen LogP contribution < -0.4 is 0 Å². The monoisotopic (exact) mass is 400 g/mol. The molecule has 1 atom stereocenters. The largest absolute Gasteiger partial charge is 0.300 e. The van der Waals surface area contributed by atoms with Crippen molar-refractivity contribution in [3.05, 3.63) is 81.9 Å². The van der Waals surface area contributed by atoms with E-state index in [1.807, 2.05) is 0 Å².